The van der Waals surface area contributed by atoms with E-state index in [4.69, 9.17) is 0 Å². The number of benzene rings is 1. The maximum absolute atomic E-state index is 13.0. The molecule has 0 unspecified atom stereocenters. The van der Waals surface area contributed by atoms with Crippen molar-refractivity contribution in [3.8, 4) is 0 Å². The second kappa shape index (κ2) is 6.01. The van der Waals surface area contributed by atoms with Gasteiger partial charge in [0.25, 0.3) is 5.91 Å². The first-order valence-electron chi connectivity index (χ1n) is 9.70. The van der Waals surface area contributed by atoms with Crippen molar-refractivity contribution in [2.24, 2.45) is 16.7 Å². The van der Waals surface area contributed by atoms with Crippen molar-refractivity contribution in [3.63, 3.8) is 0 Å². The third-order valence-corrected chi connectivity index (χ3v) is 6.84. The number of amides is 1. The highest BCUT2D eigenvalue weighted by Gasteiger charge is 2.63. The Morgan fingerprint density at radius 3 is 2.40 bits per heavy atom. The maximum atomic E-state index is 13.0. The van der Waals surface area contributed by atoms with Gasteiger partial charge in [-0.05, 0) is 61.3 Å². The molecule has 1 aromatic carbocycles. The Labute approximate surface area is 150 Å². The molecule has 0 bridgehead atoms. The molecule has 136 valence electrons. The number of aliphatic hydroxyl groups is 1. The van der Waals surface area contributed by atoms with Crippen LogP contribution in [-0.2, 0) is 0 Å². The molecule has 0 radical (unpaired) electrons. The Kier molecular flexibility index (Phi) is 4.06. The summed E-state index contributed by atoms with van der Waals surface area (Å²) < 4.78 is 0. The molecule has 4 rings (SSSR count). The minimum atomic E-state index is -0.0626. The molecule has 1 aliphatic carbocycles. The first-order chi connectivity index (χ1) is 12.0. The molecule has 1 saturated carbocycles. The fraction of sp³-hybridized carbons (Fsp3) is 0.667. The van der Waals surface area contributed by atoms with Gasteiger partial charge >= 0.3 is 0 Å². The van der Waals surface area contributed by atoms with Crippen molar-refractivity contribution in [2.75, 3.05) is 37.7 Å². The van der Waals surface area contributed by atoms with E-state index >= 15 is 0 Å². The highest BCUT2D eigenvalue weighted by atomic mass is 16.3. The average molecular weight is 342 g/mol. The maximum Gasteiger partial charge on any atom is 0.253 e. The first kappa shape index (κ1) is 16.9. The van der Waals surface area contributed by atoms with Gasteiger partial charge in [-0.15, -0.1) is 0 Å². The number of carbonyl (C=O) groups excluding carboxylic acids is 1. The molecule has 2 heterocycles. The van der Waals surface area contributed by atoms with Gasteiger partial charge in [0.2, 0.25) is 0 Å². The van der Waals surface area contributed by atoms with Crippen molar-refractivity contribution in [1.29, 1.82) is 0 Å². The number of nitrogens with zero attached hydrogens (tertiary/aromatic N) is 2. The zero-order valence-corrected chi connectivity index (χ0v) is 15.5. The number of anilines is 1. The van der Waals surface area contributed by atoms with E-state index in [1.54, 1.807) is 0 Å². The van der Waals surface area contributed by atoms with Crippen LogP contribution in [0.15, 0.2) is 24.3 Å². The van der Waals surface area contributed by atoms with Crippen molar-refractivity contribution in [1.82, 2.24) is 4.90 Å². The predicted octanol–water partition coefficient (Wildman–Crippen LogP) is 3.16. The van der Waals surface area contributed by atoms with Crippen molar-refractivity contribution in [2.45, 2.75) is 39.5 Å². The van der Waals surface area contributed by atoms with Crippen LogP contribution in [0.4, 0.5) is 5.69 Å². The lowest BCUT2D eigenvalue weighted by Gasteiger charge is -2.55. The fourth-order valence-electron chi connectivity index (χ4n) is 5.64. The van der Waals surface area contributed by atoms with Crippen molar-refractivity contribution in [3.05, 3.63) is 29.8 Å². The van der Waals surface area contributed by atoms with Gasteiger partial charge in [-0.1, -0.05) is 13.8 Å². The van der Waals surface area contributed by atoms with E-state index in [1.807, 2.05) is 17.0 Å². The van der Waals surface area contributed by atoms with E-state index in [0.717, 1.165) is 31.6 Å². The highest BCUT2D eigenvalue weighted by Crippen LogP contribution is 2.62. The quantitative estimate of drug-likeness (QED) is 0.918. The van der Waals surface area contributed by atoms with Crippen LogP contribution in [0.2, 0.25) is 0 Å². The number of fused-ring (bicyclic) bond motifs is 1. The zero-order valence-electron chi connectivity index (χ0n) is 15.5. The van der Waals surface area contributed by atoms with Gasteiger partial charge in [0.15, 0.2) is 0 Å². The average Bonchev–Trinajstić information content (AvgIpc) is 2.97. The standard InChI is InChI=1S/C21H30N2O2/c1-20(2)13-21(15-24)14-23(12-18(20)21)19(25)16-6-8-17(9-7-16)22-10-4-3-5-11-22/h6-9,18,24H,3-5,10-15H2,1-2H3/t18-,21-/m1/s1. The Bertz CT molecular complexity index is 648. The zero-order chi connectivity index (χ0) is 17.7. The van der Waals surface area contributed by atoms with Crippen molar-refractivity contribution >= 4 is 11.6 Å². The molecule has 1 N–H and O–H groups in total. The van der Waals surface area contributed by atoms with E-state index in [9.17, 15) is 9.90 Å². The Hall–Kier alpha value is -1.55. The van der Waals surface area contributed by atoms with Crippen LogP contribution in [0.25, 0.3) is 0 Å². The second-order valence-electron chi connectivity index (χ2n) is 9.02. The summed E-state index contributed by atoms with van der Waals surface area (Å²) in [6, 6.07) is 8.14. The van der Waals surface area contributed by atoms with Crippen LogP contribution in [0.5, 0.6) is 0 Å². The summed E-state index contributed by atoms with van der Waals surface area (Å²) in [6.07, 6.45) is 4.86. The molecule has 1 amide bonds. The molecule has 25 heavy (non-hydrogen) atoms. The van der Waals surface area contributed by atoms with Crippen LogP contribution in [0.1, 0.15) is 49.9 Å². The predicted molar refractivity (Wildman–Crippen MR) is 99.8 cm³/mol. The minimum Gasteiger partial charge on any atom is -0.396 e. The summed E-state index contributed by atoms with van der Waals surface area (Å²) in [5.74, 6) is 0.532. The van der Waals surface area contributed by atoms with Crippen LogP contribution >= 0.6 is 0 Å². The second-order valence-corrected chi connectivity index (χ2v) is 9.02. The normalized spacial score (nSPS) is 30.8. The molecule has 2 atom stereocenters. The van der Waals surface area contributed by atoms with Gasteiger partial charge in [0.1, 0.15) is 0 Å². The number of piperidine rings is 1. The number of aliphatic hydroxyl groups excluding tert-OH is 1. The molecule has 0 spiro atoms. The van der Waals surface area contributed by atoms with E-state index in [-0.39, 0.29) is 23.3 Å². The molecular formula is C21H30N2O2. The van der Waals surface area contributed by atoms with E-state index < -0.39 is 0 Å². The monoisotopic (exact) mass is 342 g/mol. The fourth-order valence-corrected chi connectivity index (χ4v) is 5.64. The first-order valence-corrected chi connectivity index (χ1v) is 9.70. The lowest BCUT2D eigenvalue weighted by atomic mass is 9.48. The van der Waals surface area contributed by atoms with Gasteiger partial charge in [-0.25, -0.2) is 0 Å². The summed E-state index contributed by atoms with van der Waals surface area (Å²) in [5.41, 5.74) is 2.17. The molecule has 3 aliphatic rings. The summed E-state index contributed by atoms with van der Waals surface area (Å²) in [4.78, 5) is 17.3. The van der Waals surface area contributed by atoms with Crippen LogP contribution in [-0.4, -0.2) is 48.7 Å². The Morgan fingerprint density at radius 1 is 1.16 bits per heavy atom. The summed E-state index contributed by atoms with van der Waals surface area (Å²) in [5, 5.41) is 9.89. The third kappa shape index (κ3) is 2.75. The minimum absolute atomic E-state index is 0.0626. The topological polar surface area (TPSA) is 43.8 Å². The SMILES string of the molecule is CC1(C)C[C@]2(CO)CN(C(=O)c3ccc(N4CCCCC4)cc3)C[C@H]12. The Morgan fingerprint density at radius 2 is 1.84 bits per heavy atom. The van der Waals surface area contributed by atoms with Gasteiger partial charge in [-0.2, -0.15) is 0 Å². The van der Waals surface area contributed by atoms with Gasteiger partial charge in [0.05, 0.1) is 6.61 Å². The summed E-state index contributed by atoms with van der Waals surface area (Å²) in [6.45, 7) is 8.42. The molecule has 4 heteroatoms. The number of hydrogen-bond acceptors (Lipinski definition) is 3. The summed E-state index contributed by atoms with van der Waals surface area (Å²) >= 11 is 0. The number of likely N-dealkylation sites (tertiary alicyclic amines) is 1. The highest BCUT2D eigenvalue weighted by molar-refractivity contribution is 5.95. The van der Waals surface area contributed by atoms with Gasteiger partial charge in [0, 0.05) is 42.8 Å². The molecule has 3 fully saturated rings. The van der Waals surface area contributed by atoms with Crippen LogP contribution in [0, 0.1) is 16.7 Å². The van der Waals surface area contributed by atoms with E-state index in [1.165, 1.54) is 24.9 Å². The third-order valence-electron chi connectivity index (χ3n) is 6.84. The largest absolute Gasteiger partial charge is 0.396 e. The number of hydrogen-bond donors (Lipinski definition) is 1. The molecule has 2 saturated heterocycles. The van der Waals surface area contributed by atoms with Gasteiger partial charge < -0.3 is 14.9 Å². The molecule has 1 aromatic rings. The lowest BCUT2D eigenvalue weighted by molar-refractivity contribution is -0.0976. The Balaban J connectivity index is 1.46. The molecular weight excluding hydrogens is 312 g/mol. The van der Waals surface area contributed by atoms with Crippen LogP contribution < -0.4 is 4.90 Å². The van der Waals surface area contributed by atoms with Crippen LogP contribution in [0.3, 0.4) is 0 Å². The van der Waals surface area contributed by atoms with E-state index in [0.29, 0.717) is 12.5 Å². The molecule has 4 nitrogen and oxygen atoms in total. The smallest absolute Gasteiger partial charge is 0.253 e. The lowest BCUT2D eigenvalue weighted by Crippen LogP contribution is -2.54. The van der Waals surface area contributed by atoms with E-state index in [2.05, 4.69) is 30.9 Å². The molecule has 0 aromatic heterocycles. The molecule has 2 aliphatic heterocycles. The number of carbonyl (C=O) groups is 1. The van der Waals surface area contributed by atoms with Crippen molar-refractivity contribution < 1.29 is 9.90 Å². The number of rotatable bonds is 3. The summed E-state index contributed by atoms with van der Waals surface area (Å²) in [7, 11) is 0. The van der Waals surface area contributed by atoms with Gasteiger partial charge in [-0.3, -0.25) is 4.79 Å².